The van der Waals surface area contributed by atoms with Gasteiger partial charge in [0.25, 0.3) is 0 Å². The largest absolute Gasteiger partial charge is 0.318 e. The maximum absolute atomic E-state index is 4.91. The van der Waals surface area contributed by atoms with Crippen LogP contribution in [0.2, 0.25) is 0 Å². The Hall–Kier alpha value is -1.70. The highest BCUT2D eigenvalue weighted by Gasteiger charge is 1.98. The summed E-state index contributed by atoms with van der Waals surface area (Å²) >= 11 is 0. The van der Waals surface area contributed by atoms with Crippen molar-refractivity contribution in [1.82, 2.24) is 4.98 Å². The molecule has 0 aliphatic rings. The zero-order valence-electron chi connectivity index (χ0n) is 6.47. The zero-order chi connectivity index (χ0) is 8.23. The molecule has 0 radical (unpaired) electrons. The lowest BCUT2D eigenvalue weighted by Crippen LogP contribution is -1.79. The SMILES string of the molecule is c1ccc(-c2cc[o+]cc2)nc1. The Morgan fingerprint density at radius 1 is 1.00 bits per heavy atom. The Balaban J connectivity index is 2.46. The molecule has 2 rings (SSSR count). The first-order valence-corrected chi connectivity index (χ1v) is 3.74. The van der Waals surface area contributed by atoms with Crippen LogP contribution in [0.25, 0.3) is 11.3 Å². The lowest BCUT2D eigenvalue weighted by molar-refractivity contribution is 0.551. The van der Waals surface area contributed by atoms with Gasteiger partial charge in [0, 0.05) is 23.9 Å². The Kier molecular flexibility index (Phi) is 1.82. The molecule has 0 aliphatic heterocycles. The topological polar surface area (TPSA) is 24.2 Å². The van der Waals surface area contributed by atoms with Crippen LogP contribution in [0.4, 0.5) is 0 Å². The van der Waals surface area contributed by atoms with Gasteiger partial charge in [-0.1, -0.05) is 6.07 Å². The normalized spacial score (nSPS) is 9.67. The van der Waals surface area contributed by atoms with Crippen molar-refractivity contribution in [2.75, 3.05) is 0 Å². The molecule has 12 heavy (non-hydrogen) atoms. The van der Waals surface area contributed by atoms with Gasteiger partial charge in [-0.2, -0.15) is 0 Å². The van der Waals surface area contributed by atoms with Gasteiger partial charge < -0.3 is 0 Å². The van der Waals surface area contributed by atoms with Crippen molar-refractivity contribution in [3.05, 3.63) is 49.1 Å². The molecular weight excluding hydrogens is 150 g/mol. The lowest BCUT2D eigenvalue weighted by Gasteiger charge is -1.93. The van der Waals surface area contributed by atoms with Crippen LogP contribution in [0, 0.1) is 0 Å². The third-order valence-corrected chi connectivity index (χ3v) is 1.61. The molecule has 0 amide bonds. The Bertz CT molecular complexity index is 307. The van der Waals surface area contributed by atoms with Gasteiger partial charge >= 0.3 is 12.5 Å². The number of pyridine rings is 1. The van der Waals surface area contributed by atoms with Gasteiger partial charge in [-0.15, -0.1) is 0 Å². The predicted molar refractivity (Wildman–Crippen MR) is 46.3 cm³/mol. The van der Waals surface area contributed by atoms with Gasteiger partial charge in [-0.05, 0) is 12.1 Å². The van der Waals surface area contributed by atoms with E-state index in [1.54, 1.807) is 18.7 Å². The summed E-state index contributed by atoms with van der Waals surface area (Å²) in [5, 5.41) is 0. The van der Waals surface area contributed by atoms with Gasteiger partial charge in [0.2, 0.25) is 0 Å². The third kappa shape index (κ3) is 1.32. The summed E-state index contributed by atoms with van der Waals surface area (Å²) in [6.07, 6.45) is 5.06. The fourth-order valence-electron chi connectivity index (χ4n) is 1.03. The molecule has 2 aromatic rings. The van der Waals surface area contributed by atoms with Crippen LogP contribution in [-0.2, 0) is 0 Å². The predicted octanol–water partition coefficient (Wildman–Crippen LogP) is 2.62. The summed E-state index contributed by atoms with van der Waals surface area (Å²) in [6, 6.07) is 9.61. The molecule has 0 unspecified atom stereocenters. The summed E-state index contributed by atoms with van der Waals surface area (Å²) in [4.78, 5) is 4.21. The van der Waals surface area contributed by atoms with E-state index in [4.69, 9.17) is 4.42 Å². The van der Waals surface area contributed by atoms with Crippen LogP contribution in [0.5, 0.6) is 0 Å². The standard InChI is InChI=1S/C10H8NO/c1-2-6-11-10(3-1)9-4-7-12-8-5-9/h1-8H/q+1. The van der Waals surface area contributed by atoms with Gasteiger partial charge in [-0.3, -0.25) is 4.98 Å². The van der Waals surface area contributed by atoms with Crippen LogP contribution in [0.3, 0.4) is 0 Å². The molecule has 0 bridgehead atoms. The molecule has 0 aromatic carbocycles. The molecule has 2 heteroatoms. The quantitative estimate of drug-likeness (QED) is 0.596. The molecular formula is C10H8NO+. The van der Waals surface area contributed by atoms with Gasteiger partial charge in [0.05, 0.1) is 5.69 Å². The molecule has 0 saturated heterocycles. The first-order valence-electron chi connectivity index (χ1n) is 3.74. The molecule has 0 N–H and O–H groups in total. The third-order valence-electron chi connectivity index (χ3n) is 1.61. The molecule has 58 valence electrons. The maximum atomic E-state index is 4.91. The van der Waals surface area contributed by atoms with Gasteiger partial charge in [0.15, 0.2) is 0 Å². The minimum absolute atomic E-state index is 0.966. The maximum Gasteiger partial charge on any atom is 0.318 e. The summed E-state index contributed by atoms with van der Waals surface area (Å²) in [5.41, 5.74) is 2.04. The average molecular weight is 158 g/mol. The van der Waals surface area contributed by atoms with E-state index in [1.165, 1.54) is 0 Å². The van der Waals surface area contributed by atoms with Crippen molar-refractivity contribution < 1.29 is 4.42 Å². The molecule has 0 fully saturated rings. The molecule has 0 atom stereocenters. The number of hydrogen-bond acceptors (Lipinski definition) is 1. The fraction of sp³-hybridized carbons (Fsp3) is 0. The fourth-order valence-corrected chi connectivity index (χ4v) is 1.03. The van der Waals surface area contributed by atoms with E-state index in [9.17, 15) is 0 Å². The van der Waals surface area contributed by atoms with E-state index < -0.39 is 0 Å². The smallest absolute Gasteiger partial charge is 0.256 e. The molecule has 2 aromatic heterocycles. The first-order chi connectivity index (χ1) is 5.97. The Morgan fingerprint density at radius 3 is 2.50 bits per heavy atom. The van der Waals surface area contributed by atoms with Crippen LogP contribution in [-0.4, -0.2) is 4.98 Å². The van der Waals surface area contributed by atoms with E-state index in [0.717, 1.165) is 11.3 Å². The molecule has 0 spiro atoms. The minimum Gasteiger partial charge on any atom is -0.256 e. The second kappa shape index (κ2) is 3.13. The van der Waals surface area contributed by atoms with Gasteiger partial charge in [0.1, 0.15) is 0 Å². The summed E-state index contributed by atoms with van der Waals surface area (Å²) in [5.74, 6) is 0. The summed E-state index contributed by atoms with van der Waals surface area (Å²) < 4.78 is 4.91. The second-order valence-electron chi connectivity index (χ2n) is 2.41. The zero-order valence-corrected chi connectivity index (χ0v) is 6.47. The Morgan fingerprint density at radius 2 is 1.83 bits per heavy atom. The molecule has 0 aliphatic carbocycles. The number of rotatable bonds is 1. The van der Waals surface area contributed by atoms with Crippen LogP contribution in [0.15, 0.2) is 53.5 Å². The van der Waals surface area contributed by atoms with Crippen LogP contribution < -0.4 is 0 Å². The van der Waals surface area contributed by atoms with Crippen LogP contribution in [0.1, 0.15) is 0 Å². The van der Waals surface area contributed by atoms with Crippen molar-refractivity contribution in [1.29, 1.82) is 0 Å². The van der Waals surface area contributed by atoms with E-state index in [2.05, 4.69) is 4.98 Å². The number of nitrogens with zero attached hydrogens (tertiary/aromatic N) is 1. The molecule has 2 nitrogen and oxygen atoms in total. The van der Waals surface area contributed by atoms with Crippen LogP contribution >= 0.6 is 0 Å². The Labute approximate surface area is 70.5 Å². The first kappa shape index (κ1) is 6.98. The minimum atomic E-state index is 0.966. The molecule has 2 heterocycles. The highest BCUT2D eigenvalue weighted by molar-refractivity contribution is 5.57. The van der Waals surface area contributed by atoms with E-state index in [0.29, 0.717) is 0 Å². The highest BCUT2D eigenvalue weighted by Crippen LogP contribution is 2.14. The lowest BCUT2D eigenvalue weighted by atomic mass is 10.2. The summed E-state index contributed by atoms with van der Waals surface area (Å²) in [6.45, 7) is 0. The van der Waals surface area contributed by atoms with E-state index >= 15 is 0 Å². The van der Waals surface area contributed by atoms with Crippen molar-refractivity contribution in [2.24, 2.45) is 0 Å². The van der Waals surface area contributed by atoms with E-state index in [1.807, 2.05) is 30.3 Å². The second-order valence-corrected chi connectivity index (χ2v) is 2.41. The van der Waals surface area contributed by atoms with E-state index in [-0.39, 0.29) is 0 Å². The highest BCUT2D eigenvalue weighted by atomic mass is 16.3. The monoisotopic (exact) mass is 158 g/mol. The summed E-state index contributed by atoms with van der Waals surface area (Å²) in [7, 11) is 0. The number of aromatic nitrogens is 1. The van der Waals surface area contributed by atoms with Gasteiger partial charge in [-0.25, -0.2) is 4.42 Å². The van der Waals surface area contributed by atoms with Crippen molar-refractivity contribution in [2.45, 2.75) is 0 Å². The molecule has 0 saturated carbocycles. The van der Waals surface area contributed by atoms with Crippen molar-refractivity contribution in [3.8, 4) is 11.3 Å². The number of hydrogen-bond donors (Lipinski definition) is 0. The average Bonchev–Trinajstić information content (AvgIpc) is 2.21. The van der Waals surface area contributed by atoms with Crippen molar-refractivity contribution >= 4 is 0 Å². The van der Waals surface area contributed by atoms with Crippen molar-refractivity contribution in [3.63, 3.8) is 0 Å².